The van der Waals surface area contributed by atoms with Gasteiger partial charge < -0.3 is 10.4 Å². The highest BCUT2D eigenvalue weighted by atomic mass is 16.3. The Kier molecular flexibility index (Phi) is 4.48. The van der Waals surface area contributed by atoms with Gasteiger partial charge in [0.25, 0.3) is 5.91 Å². The molecule has 0 saturated carbocycles. The quantitative estimate of drug-likeness (QED) is 0.895. The van der Waals surface area contributed by atoms with Gasteiger partial charge in [0.1, 0.15) is 0 Å². The summed E-state index contributed by atoms with van der Waals surface area (Å²) >= 11 is 0. The number of pyridine rings is 1. The summed E-state index contributed by atoms with van der Waals surface area (Å²) in [5, 5.41) is 11.9. The van der Waals surface area contributed by atoms with E-state index >= 15 is 0 Å². The van der Waals surface area contributed by atoms with Crippen molar-refractivity contribution in [1.29, 1.82) is 0 Å². The van der Waals surface area contributed by atoms with E-state index in [1.54, 1.807) is 19.2 Å². The molecule has 0 aliphatic carbocycles. The Labute approximate surface area is 118 Å². The van der Waals surface area contributed by atoms with Gasteiger partial charge >= 0.3 is 0 Å². The van der Waals surface area contributed by atoms with E-state index in [0.29, 0.717) is 5.56 Å². The van der Waals surface area contributed by atoms with Crippen molar-refractivity contribution in [2.75, 3.05) is 6.54 Å². The molecule has 1 heterocycles. The predicted octanol–water partition coefficient (Wildman–Crippen LogP) is 2.17. The van der Waals surface area contributed by atoms with Crippen LogP contribution in [0.5, 0.6) is 0 Å². The van der Waals surface area contributed by atoms with Gasteiger partial charge in [-0.2, -0.15) is 0 Å². The zero-order valence-electron chi connectivity index (χ0n) is 11.6. The monoisotopic (exact) mass is 270 g/mol. The normalized spacial score (nSPS) is 11.9. The number of benzene rings is 1. The highest BCUT2D eigenvalue weighted by Crippen LogP contribution is 2.23. The third-order valence-electron chi connectivity index (χ3n) is 3.08. The van der Waals surface area contributed by atoms with Crippen LogP contribution in [0.15, 0.2) is 42.6 Å². The third-order valence-corrected chi connectivity index (χ3v) is 3.08. The van der Waals surface area contributed by atoms with Crippen molar-refractivity contribution in [2.45, 2.75) is 20.0 Å². The number of nitrogens with one attached hydrogen (secondary N) is 1. The molecule has 0 saturated heterocycles. The summed E-state index contributed by atoms with van der Waals surface area (Å²) in [6.07, 6.45) is 1.17. The van der Waals surface area contributed by atoms with Crippen LogP contribution in [0.3, 0.4) is 0 Å². The van der Waals surface area contributed by atoms with E-state index in [-0.39, 0.29) is 12.5 Å². The molecule has 1 amide bonds. The highest BCUT2D eigenvalue weighted by molar-refractivity contribution is 5.97. The lowest BCUT2D eigenvalue weighted by atomic mass is 9.99. The molecular weight excluding hydrogens is 252 g/mol. The summed E-state index contributed by atoms with van der Waals surface area (Å²) < 4.78 is 0. The first-order valence-electron chi connectivity index (χ1n) is 6.57. The largest absolute Gasteiger partial charge is 0.392 e. The van der Waals surface area contributed by atoms with Crippen LogP contribution in [0, 0.1) is 6.92 Å². The molecule has 0 radical (unpaired) electrons. The minimum atomic E-state index is -0.557. The van der Waals surface area contributed by atoms with Gasteiger partial charge in [-0.15, -0.1) is 0 Å². The van der Waals surface area contributed by atoms with E-state index < -0.39 is 6.10 Å². The molecule has 2 N–H and O–H groups in total. The van der Waals surface area contributed by atoms with E-state index in [1.807, 2.05) is 37.3 Å². The zero-order valence-corrected chi connectivity index (χ0v) is 11.6. The SMILES string of the molecule is Cc1c(C(=O)NCC(C)O)cccc1-c1ccccn1. The summed E-state index contributed by atoms with van der Waals surface area (Å²) in [5.41, 5.74) is 3.27. The Bertz CT molecular complexity index is 595. The van der Waals surface area contributed by atoms with Gasteiger partial charge in [0.15, 0.2) is 0 Å². The van der Waals surface area contributed by atoms with Crippen LogP contribution >= 0.6 is 0 Å². The molecule has 1 atom stereocenters. The maximum Gasteiger partial charge on any atom is 0.251 e. The van der Waals surface area contributed by atoms with Crippen molar-refractivity contribution in [1.82, 2.24) is 10.3 Å². The maximum absolute atomic E-state index is 12.1. The molecule has 1 aromatic carbocycles. The van der Waals surface area contributed by atoms with Crippen molar-refractivity contribution in [2.24, 2.45) is 0 Å². The Balaban J connectivity index is 2.31. The fourth-order valence-electron chi connectivity index (χ4n) is 2.02. The molecule has 104 valence electrons. The third kappa shape index (κ3) is 3.22. The first-order chi connectivity index (χ1) is 9.59. The lowest BCUT2D eigenvalue weighted by molar-refractivity contribution is 0.0923. The van der Waals surface area contributed by atoms with Crippen LogP contribution in [-0.2, 0) is 0 Å². The standard InChI is InChI=1S/C16H18N2O2/c1-11(19)10-18-16(20)14-7-5-6-13(12(14)2)15-8-3-4-9-17-15/h3-9,11,19H,10H2,1-2H3,(H,18,20). The molecule has 20 heavy (non-hydrogen) atoms. The lowest BCUT2D eigenvalue weighted by Gasteiger charge is -2.12. The fraction of sp³-hybridized carbons (Fsp3) is 0.250. The smallest absolute Gasteiger partial charge is 0.251 e. The molecule has 2 aromatic rings. The number of carbonyl (C=O) groups is 1. The fourth-order valence-corrected chi connectivity index (χ4v) is 2.02. The second-order valence-electron chi connectivity index (χ2n) is 4.75. The molecular formula is C16H18N2O2. The van der Waals surface area contributed by atoms with Gasteiger partial charge in [0.2, 0.25) is 0 Å². The summed E-state index contributed by atoms with van der Waals surface area (Å²) in [6.45, 7) is 3.78. The Hall–Kier alpha value is -2.20. The molecule has 4 heteroatoms. The van der Waals surface area contributed by atoms with Gasteiger partial charge in [-0.25, -0.2) is 0 Å². The van der Waals surface area contributed by atoms with Gasteiger partial charge in [0.05, 0.1) is 11.8 Å². The Morgan fingerprint density at radius 2 is 2.10 bits per heavy atom. The molecule has 0 aliphatic rings. The topological polar surface area (TPSA) is 62.2 Å². The number of nitrogens with zero attached hydrogens (tertiary/aromatic N) is 1. The maximum atomic E-state index is 12.1. The van der Waals surface area contributed by atoms with Crippen LogP contribution in [-0.4, -0.2) is 28.6 Å². The molecule has 4 nitrogen and oxygen atoms in total. The number of rotatable bonds is 4. The lowest BCUT2D eigenvalue weighted by Crippen LogP contribution is -2.31. The molecule has 1 aromatic heterocycles. The molecule has 2 rings (SSSR count). The average molecular weight is 270 g/mol. The second-order valence-corrected chi connectivity index (χ2v) is 4.75. The van der Waals surface area contributed by atoms with E-state index in [0.717, 1.165) is 16.8 Å². The van der Waals surface area contributed by atoms with Crippen LogP contribution < -0.4 is 5.32 Å². The van der Waals surface area contributed by atoms with Crippen molar-refractivity contribution < 1.29 is 9.90 Å². The molecule has 0 spiro atoms. The van der Waals surface area contributed by atoms with E-state index in [2.05, 4.69) is 10.3 Å². The number of aliphatic hydroxyl groups excluding tert-OH is 1. The predicted molar refractivity (Wildman–Crippen MR) is 78.4 cm³/mol. The minimum Gasteiger partial charge on any atom is -0.392 e. The van der Waals surface area contributed by atoms with Gasteiger partial charge in [-0.05, 0) is 37.6 Å². The number of carbonyl (C=O) groups excluding carboxylic acids is 1. The molecule has 0 bridgehead atoms. The minimum absolute atomic E-state index is 0.179. The summed E-state index contributed by atoms with van der Waals surface area (Å²) in [7, 11) is 0. The Morgan fingerprint density at radius 3 is 2.75 bits per heavy atom. The number of aliphatic hydroxyl groups is 1. The summed E-state index contributed by atoms with van der Waals surface area (Å²) in [4.78, 5) is 16.4. The van der Waals surface area contributed by atoms with Crippen LogP contribution in [0.2, 0.25) is 0 Å². The first-order valence-corrected chi connectivity index (χ1v) is 6.57. The van der Waals surface area contributed by atoms with Crippen molar-refractivity contribution >= 4 is 5.91 Å². The summed E-state index contributed by atoms with van der Waals surface area (Å²) in [6, 6.07) is 11.3. The highest BCUT2D eigenvalue weighted by Gasteiger charge is 2.13. The number of aromatic nitrogens is 1. The number of hydrogen-bond acceptors (Lipinski definition) is 3. The van der Waals surface area contributed by atoms with Gasteiger partial charge in [-0.1, -0.05) is 18.2 Å². The van der Waals surface area contributed by atoms with E-state index in [4.69, 9.17) is 0 Å². The molecule has 0 fully saturated rings. The van der Waals surface area contributed by atoms with Crippen molar-refractivity contribution in [3.05, 3.63) is 53.7 Å². The van der Waals surface area contributed by atoms with Gasteiger partial charge in [-0.3, -0.25) is 9.78 Å². The zero-order chi connectivity index (χ0) is 14.5. The first kappa shape index (κ1) is 14.2. The van der Waals surface area contributed by atoms with Crippen LogP contribution in [0.4, 0.5) is 0 Å². The second kappa shape index (κ2) is 6.30. The average Bonchev–Trinajstić information content (AvgIpc) is 2.46. The summed E-state index contributed by atoms with van der Waals surface area (Å²) in [5.74, 6) is -0.179. The van der Waals surface area contributed by atoms with Crippen LogP contribution in [0.1, 0.15) is 22.8 Å². The number of hydrogen-bond donors (Lipinski definition) is 2. The Morgan fingerprint density at radius 1 is 1.30 bits per heavy atom. The van der Waals surface area contributed by atoms with E-state index in [1.165, 1.54) is 0 Å². The van der Waals surface area contributed by atoms with Crippen LogP contribution in [0.25, 0.3) is 11.3 Å². The van der Waals surface area contributed by atoms with Crippen molar-refractivity contribution in [3.63, 3.8) is 0 Å². The van der Waals surface area contributed by atoms with E-state index in [9.17, 15) is 9.90 Å². The molecule has 1 unspecified atom stereocenters. The van der Waals surface area contributed by atoms with Crippen molar-refractivity contribution in [3.8, 4) is 11.3 Å². The number of amides is 1. The molecule has 0 aliphatic heterocycles. The van der Waals surface area contributed by atoms with Gasteiger partial charge in [0, 0.05) is 23.9 Å².